The van der Waals surface area contributed by atoms with Gasteiger partial charge in [-0.3, -0.25) is 10.1 Å². The number of esters is 1. The fraction of sp³-hybridized carbons (Fsp3) is 0. The third kappa shape index (κ3) is 3.16. The molecule has 2 aromatic rings. The Kier molecular flexibility index (Phi) is 3.88. The van der Waals surface area contributed by atoms with Gasteiger partial charge >= 0.3 is 11.7 Å². The third-order valence-corrected chi connectivity index (χ3v) is 2.47. The summed E-state index contributed by atoms with van der Waals surface area (Å²) in [6.07, 6.45) is 0. The maximum absolute atomic E-state index is 13.4. The molecule has 0 aromatic heterocycles. The molecule has 0 aliphatic heterocycles. The molecule has 0 fully saturated rings. The van der Waals surface area contributed by atoms with Gasteiger partial charge in [0.25, 0.3) is 0 Å². The zero-order valence-electron chi connectivity index (χ0n) is 10.2. The molecule has 0 saturated heterocycles. The summed E-state index contributed by atoms with van der Waals surface area (Å²) in [7, 11) is 0. The molecular formula is C13H6F3NO4. The molecule has 0 N–H and O–H groups in total. The van der Waals surface area contributed by atoms with Crippen LogP contribution in [0.4, 0.5) is 18.9 Å². The van der Waals surface area contributed by atoms with Crippen molar-refractivity contribution in [3.8, 4) is 5.75 Å². The van der Waals surface area contributed by atoms with E-state index >= 15 is 0 Å². The minimum atomic E-state index is -1.30. The van der Waals surface area contributed by atoms with Gasteiger partial charge in [0.15, 0.2) is 0 Å². The van der Waals surface area contributed by atoms with Gasteiger partial charge in [0.05, 0.1) is 10.5 Å². The predicted octanol–water partition coefficient (Wildman–Crippen LogP) is 3.23. The van der Waals surface area contributed by atoms with Gasteiger partial charge in [-0.25, -0.2) is 18.0 Å². The van der Waals surface area contributed by atoms with Crippen molar-refractivity contribution < 1.29 is 27.6 Å². The molecule has 0 unspecified atom stereocenters. The Morgan fingerprint density at radius 1 is 1.05 bits per heavy atom. The molecule has 8 heteroatoms. The van der Waals surface area contributed by atoms with Crippen molar-refractivity contribution in [2.24, 2.45) is 0 Å². The summed E-state index contributed by atoms with van der Waals surface area (Å²) in [5, 5.41) is 10.7. The highest BCUT2D eigenvalue weighted by Gasteiger charge is 2.21. The number of halogens is 3. The number of carbonyl (C=O) groups excluding carboxylic acids is 1. The zero-order chi connectivity index (χ0) is 15.6. The van der Waals surface area contributed by atoms with Crippen molar-refractivity contribution in [3.05, 3.63) is 69.5 Å². The van der Waals surface area contributed by atoms with Crippen LogP contribution in [0.2, 0.25) is 0 Å². The van der Waals surface area contributed by atoms with E-state index in [1.807, 2.05) is 0 Å². The number of nitro benzene ring substituents is 1. The molecule has 2 aromatic carbocycles. The maximum Gasteiger partial charge on any atom is 0.346 e. The average Bonchev–Trinajstić information content (AvgIpc) is 2.37. The number of hydrogen-bond acceptors (Lipinski definition) is 4. The van der Waals surface area contributed by atoms with Crippen LogP contribution in [-0.4, -0.2) is 10.9 Å². The first-order valence-corrected chi connectivity index (χ1v) is 5.49. The van der Waals surface area contributed by atoms with Gasteiger partial charge in [0.2, 0.25) is 5.75 Å². The van der Waals surface area contributed by atoms with Crippen LogP contribution in [0.1, 0.15) is 10.4 Å². The standard InChI is InChI=1S/C13H6F3NO4/c14-7-1-3-9(10(16)5-7)13(18)21-12-6-8(15)2-4-11(12)17(19)20/h1-6H. The van der Waals surface area contributed by atoms with E-state index in [0.717, 1.165) is 24.3 Å². The summed E-state index contributed by atoms with van der Waals surface area (Å²) in [4.78, 5) is 21.5. The summed E-state index contributed by atoms with van der Waals surface area (Å²) in [6.45, 7) is 0. The highest BCUT2D eigenvalue weighted by Crippen LogP contribution is 2.28. The largest absolute Gasteiger partial charge is 0.415 e. The number of carbonyl (C=O) groups is 1. The molecule has 0 radical (unpaired) electrons. The first-order chi connectivity index (χ1) is 9.88. The number of benzene rings is 2. The maximum atomic E-state index is 13.4. The average molecular weight is 297 g/mol. The molecule has 0 heterocycles. The van der Waals surface area contributed by atoms with E-state index in [0.29, 0.717) is 12.1 Å². The van der Waals surface area contributed by atoms with Crippen LogP contribution in [0.15, 0.2) is 36.4 Å². The Labute approximate surface area is 115 Å². The van der Waals surface area contributed by atoms with Crippen molar-refractivity contribution in [3.63, 3.8) is 0 Å². The van der Waals surface area contributed by atoms with E-state index in [1.54, 1.807) is 0 Å². The Bertz CT molecular complexity index is 733. The summed E-state index contributed by atoms with van der Waals surface area (Å²) in [5.74, 6) is -4.95. The molecule has 108 valence electrons. The Balaban J connectivity index is 2.35. The summed E-state index contributed by atoms with van der Waals surface area (Å²) >= 11 is 0. The number of nitro groups is 1. The van der Waals surface area contributed by atoms with Crippen LogP contribution in [0, 0.1) is 27.6 Å². The monoisotopic (exact) mass is 297 g/mol. The normalized spacial score (nSPS) is 10.2. The van der Waals surface area contributed by atoms with Crippen LogP contribution >= 0.6 is 0 Å². The molecule has 5 nitrogen and oxygen atoms in total. The molecule has 0 aliphatic carbocycles. The zero-order valence-corrected chi connectivity index (χ0v) is 10.2. The van der Waals surface area contributed by atoms with E-state index in [2.05, 4.69) is 4.74 Å². The van der Waals surface area contributed by atoms with Gasteiger partial charge < -0.3 is 4.74 Å². The van der Waals surface area contributed by atoms with Gasteiger partial charge in [-0.05, 0) is 18.2 Å². The smallest absolute Gasteiger partial charge is 0.346 e. The highest BCUT2D eigenvalue weighted by molar-refractivity contribution is 5.91. The first-order valence-electron chi connectivity index (χ1n) is 5.49. The van der Waals surface area contributed by atoms with E-state index in [9.17, 15) is 28.1 Å². The number of ether oxygens (including phenoxy) is 1. The van der Waals surface area contributed by atoms with Crippen molar-refractivity contribution >= 4 is 11.7 Å². The van der Waals surface area contributed by atoms with Crippen molar-refractivity contribution in [1.82, 2.24) is 0 Å². The lowest BCUT2D eigenvalue weighted by molar-refractivity contribution is -0.385. The van der Waals surface area contributed by atoms with Gasteiger partial charge in [0, 0.05) is 18.2 Å². The summed E-state index contributed by atoms with van der Waals surface area (Å²) in [5.41, 5.74) is -1.29. The molecule has 2 rings (SSSR count). The molecule has 0 atom stereocenters. The molecule has 21 heavy (non-hydrogen) atoms. The van der Waals surface area contributed by atoms with Crippen molar-refractivity contribution in [2.75, 3.05) is 0 Å². The second-order valence-electron chi connectivity index (χ2n) is 3.88. The van der Waals surface area contributed by atoms with Crippen LogP contribution in [0.3, 0.4) is 0 Å². The third-order valence-electron chi connectivity index (χ3n) is 2.47. The van der Waals surface area contributed by atoms with E-state index < -0.39 is 45.3 Å². The van der Waals surface area contributed by atoms with E-state index in [-0.39, 0.29) is 0 Å². The molecule has 0 saturated carbocycles. The molecule has 0 amide bonds. The Morgan fingerprint density at radius 3 is 2.29 bits per heavy atom. The molecule has 0 aliphatic rings. The summed E-state index contributed by atoms with van der Waals surface area (Å²) < 4.78 is 43.8. The predicted molar refractivity (Wildman–Crippen MR) is 64.4 cm³/mol. The second kappa shape index (κ2) is 5.61. The molecule has 0 spiro atoms. The van der Waals surface area contributed by atoms with Gasteiger partial charge in [-0.1, -0.05) is 0 Å². The first kappa shape index (κ1) is 14.5. The Hall–Kier alpha value is -2.90. The lowest BCUT2D eigenvalue weighted by Crippen LogP contribution is -2.12. The van der Waals surface area contributed by atoms with Crippen LogP contribution in [0.25, 0.3) is 0 Å². The molecule has 0 bridgehead atoms. The van der Waals surface area contributed by atoms with Gasteiger partial charge in [0.1, 0.15) is 17.5 Å². The van der Waals surface area contributed by atoms with Crippen LogP contribution in [0.5, 0.6) is 5.75 Å². The van der Waals surface area contributed by atoms with Crippen LogP contribution in [-0.2, 0) is 0 Å². The van der Waals surface area contributed by atoms with Crippen LogP contribution < -0.4 is 4.74 Å². The minimum Gasteiger partial charge on any atom is -0.415 e. The van der Waals surface area contributed by atoms with Crippen molar-refractivity contribution in [2.45, 2.75) is 0 Å². The van der Waals surface area contributed by atoms with Gasteiger partial charge in [-0.15, -0.1) is 0 Å². The lowest BCUT2D eigenvalue weighted by Gasteiger charge is -2.06. The highest BCUT2D eigenvalue weighted by atomic mass is 19.1. The van der Waals surface area contributed by atoms with E-state index in [4.69, 9.17) is 0 Å². The summed E-state index contributed by atoms with van der Waals surface area (Å²) in [6, 6.07) is 4.33. The number of hydrogen-bond donors (Lipinski definition) is 0. The van der Waals surface area contributed by atoms with E-state index in [1.165, 1.54) is 0 Å². The fourth-order valence-corrected chi connectivity index (χ4v) is 1.53. The van der Waals surface area contributed by atoms with Gasteiger partial charge in [-0.2, -0.15) is 0 Å². The lowest BCUT2D eigenvalue weighted by atomic mass is 10.2. The topological polar surface area (TPSA) is 69.4 Å². The number of nitrogens with zero attached hydrogens (tertiary/aromatic N) is 1. The van der Waals surface area contributed by atoms with Crippen molar-refractivity contribution in [1.29, 1.82) is 0 Å². The quantitative estimate of drug-likeness (QED) is 0.377. The fourth-order valence-electron chi connectivity index (χ4n) is 1.53. The SMILES string of the molecule is O=C(Oc1cc(F)ccc1[N+](=O)[O-])c1ccc(F)cc1F. The molecular weight excluding hydrogens is 291 g/mol. The minimum absolute atomic E-state index is 0.455. The second-order valence-corrected chi connectivity index (χ2v) is 3.88. The number of rotatable bonds is 3. The Morgan fingerprint density at radius 2 is 1.67 bits per heavy atom.